The average molecular weight is 255 g/mol. The predicted octanol–water partition coefficient (Wildman–Crippen LogP) is 3.36. The fraction of sp³-hybridized carbons (Fsp3) is 0.438. The highest BCUT2D eigenvalue weighted by molar-refractivity contribution is 5.50. The molecule has 1 aliphatic carbocycles. The normalized spacial score (nSPS) is 14.8. The van der Waals surface area contributed by atoms with E-state index in [0.29, 0.717) is 0 Å². The van der Waals surface area contributed by atoms with Crippen molar-refractivity contribution < 1.29 is 0 Å². The van der Waals surface area contributed by atoms with Gasteiger partial charge in [-0.15, -0.1) is 0 Å². The number of nitrogen functional groups attached to an aromatic ring is 1. The summed E-state index contributed by atoms with van der Waals surface area (Å²) < 4.78 is 1.91. The van der Waals surface area contributed by atoms with Crippen LogP contribution in [0.25, 0.3) is 5.69 Å². The van der Waals surface area contributed by atoms with E-state index < -0.39 is 0 Å². The molecule has 3 rings (SSSR count). The molecule has 0 bridgehead atoms. The number of anilines is 1. The Hall–Kier alpha value is -1.77. The van der Waals surface area contributed by atoms with Gasteiger partial charge in [-0.05, 0) is 43.7 Å². The van der Waals surface area contributed by atoms with Gasteiger partial charge in [0.15, 0.2) is 0 Å². The number of nitrogens with two attached hydrogens (primary N) is 1. The van der Waals surface area contributed by atoms with Crippen molar-refractivity contribution in [3.05, 3.63) is 41.6 Å². The molecule has 0 radical (unpaired) electrons. The average Bonchev–Trinajstić information content (AvgIpc) is 3.20. The molecular formula is C16H21N3. The van der Waals surface area contributed by atoms with Gasteiger partial charge in [0, 0.05) is 5.56 Å². The van der Waals surface area contributed by atoms with Gasteiger partial charge < -0.3 is 5.73 Å². The summed E-state index contributed by atoms with van der Waals surface area (Å²) in [6.45, 7) is 2.19. The van der Waals surface area contributed by atoms with Crippen LogP contribution in [-0.2, 0) is 12.8 Å². The standard InChI is InChI=1S/C16H21N3/c1-2-6-14-15(11-12-9-10-12)18-19(16(14)17)13-7-4-3-5-8-13/h3-5,7-8,12H,2,6,9-11,17H2,1H3. The van der Waals surface area contributed by atoms with E-state index in [1.165, 1.54) is 24.1 Å². The molecule has 1 aromatic carbocycles. The Labute approximate surface area is 114 Å². The molecule has 1 heterocycles. The number of benzene rings is 1. The minimum atomic E-state index is 0.823. The molecule has 0 aliphatic heterocycles. The van der Waals surface area contributed by atoms with E-state index in [0.717, 1.165) is 36.7 Å². The predicted molar refractivity (Wildman–Crippen MR) is 78.4 cm³/mol. The zero-order valence-corrected chi connectivity index (χ0v) is 11.5. The Morgan fingerprint density at radius 1 is 1.26 bits per heavy atom. The van der Waals surface area contributed by atoms with Gasteiger partial charge in [0.05, 0.1) is 11.4 Å². The number of para-hydroxylation sites is 1. The van der Waals surface area contributed by atoms with Crippen LogP contribution < -0.4 is 5.73 Å². The molecule has 1 aromatic heterocycles. The molecule has 1 saturated carbocycles. The molecule has 19 heavy (non-hydrogen) atoms. The first-order chi connectivity index (χ1) is 9.29. The number of aromatic nitrogens is 2. The second-order valence-electron chi connectivity index (χ2n) is 5.46. The first kappa shape index (κ1) is 12.3. The molecule has 3 nitrogen and oxygen atoms in total. The fourth-order valence-corrected chi connectivity index (χ4v) is 2.56. The molecule has 100 valence electrons. The van der Waals surface area contributed by atoms with Crippen molar-refractivity contribution >= 4 is 5.82 Å². The van der Waals surface area contributed by atoms with E-state index >= 15 is 0 Å². The Kier molecular flexibility index (Phi) is 3.28. The SMILES string of the molecule is CCCc1c(CC2CC2)nn(-c2ccccc2)c1N. The highest BCUT2D eigenvalue weighted by Gasteiger charge is 2.26. The van der Waals surface area contributed by atoms with Gasteiger partial charge >= 0.3 is 0 Å². The third kappa shape index (κ3) is 2.50. The van der Waals surface area contributed by atoms with Crippen molar-refractivity contribution in [3.63, 3.8) is 0 Å². The molecule has 0 amide bonds. The first-order valence-electron chi connectivity index (χ1n) is 7.21. The number of hydrogen-bond acceptors (Lipinski definition) is 2. The summed E-state index contributed by atoms with van der Waals surface area (Å²) >= 11 is 0. The minimum Gasteiger partial charge on any atom is -0.383 e. The van der Waals surface area contributed by atoms with Crippen LogP contribution in [0.3, 0.4) is 0 Å². The van der Waals surface area contributed by atoms with Gasteiger partial charge in [-0.1, -0.05) is 31.5 Å². The van der Waals surface area contributed by atoms with Crippen molar-refractivity contribution in [1.29, 1.82) is 0 Å². The lowest BCUT2D eigenvalue weighted by Crippen LogP contribution is -2.02. The Bertz CT molecular complexity index is 553. The van der Waals surface area contributed by atoms with E-state index in [-0.39, 0.29) is 0 Å². The fourth-order valence-electron chi connectivity index (χ4n) is 2.56. The van der Waals surface area contributed by atoms with E-state index in [1.54, 1.807) is 0 Å². The summed E-state index contributed by atoms with van der Waals surface area (Å²) in [6, 6.07) is 10.2. The van der Waals surface area contributed by atoms with Gasteiger partial charge in [0.1, 0.15) is 5.82 Å². The highest BCUT2D eigenvalue weighted by atomic mass is 15.3. The summed E-state index contributed by atoms with van der Waals surface area (Å²) in [5, 5.41) is 4.77. The molecule has 0 atom stereocenters. The Morgan fingerprint density at radius 3 is 2.63 bits per heavy atom. The molecular weight excluding hydrogens is 234 g/mol. The maximum atomic E-state index is 6.32. The van der Waals surface area contributed by atoms with Crippen molar-refractivity contribution in [2.75, 3.05) is 5.73 Å². The quantitative estimate of drug-likeness (QED) is 0.890. The van der Waals surface area contributed by atoms with E-state index in [1.807, 2.05) is 22.9 Å². The van der Waals surface area contributed by atoms with E-state index in [2.05, 4.69) is 19.1 Å². The maximum Gasteiger partial charge on any atom is 0.130 e. The van der Waals surface area contributed by atoms with Crippen molar-refractivity contribution in [3.8, 4) is 5.69 Å². The molecule has 3 heteroatoms. The molecule has 0 saturated heterocycles. The molecule has 1 aliphatic rings. The second-order valence-corrected chi connectivity index (χ2v) is 5.46. The van der Waals surface area contributed by atoms with Crippen LogP contribution in [0.4, 0.5) is 5.82 Å². The van der Waals surface area contributed by atoms with Crippen LogP contribution in [0.1, 0.15) is 37.4 Å². The van der Waals surface area contributed by atoms with Crippen LogP contribution in [0.15, 0.2) is 30.3 Å². The first-order valence-corrected chi connectivity index (χ1v) is 7.21. The monoisotopic (exact) mass is 255 g/mol. The number of hydrogen-bond donors (Lipinski definition) is 1. The van der Waals surface area contributed by atoms with Crippen LogP contribution in [0, 0.1) is 5.92 Å². The van der Waals surface area contributed by atoms with Gasteiger partial charge in [-0.2, -0.15) is 5.10 Å². The topological polar surface area (TPSA) is 43.8 Å². The third-order valence-electron chi connectivity index (χ3n) is 3.79. The van der Waals surface area contributed by atoms with Crippen molar-refractivity contribution in [1.82, 2.24) is 9.78 Å². The van der Waals surface area contributed by atoms with Crippen LogP contribution >= 0.6 is 0 Å². The van der Waals surface area contributed by atoms with Crippen molar-refractivity contribution in [2.24, 2.45) is 5.92 Å². The summed E-state index contributed by atoms with van der Waals surface area (Å²) in [5.41, 5.74) is 9.85. The zero-order chi connectivity index (χ0) is 13.2. The van der Waals surface area contributed by atoms with Gasteiger partial charge in [-0.3, -0.25) is 0 Å². The van der Waals surface area contributed by atoms with Crippen LogP contribution in [0.2, 0.25) is 0 Å². The van der Waals surface area contributed by atoms with Gasteiger partial charge in [-0.25, -0.2) is 4.68 Å². The second kappa shape index (κ2) is 5.08. The van der Waals surface area contributed by atoms with Crippen molar-refractivity contribution in [2.45, 2.75) is 39.0 Å². The van der Waals surface area contributed by atoms with Crippen LogP contribution in [0.5, 0.6) is 0 Å². The summed E-state index contributed by atoms with van der Waals surface area (Å²) in [6.07, 6.45) is 5.94. The lowest BCUT2D eigenvalue weighted by atomic mass is 10.1. The molecule has 0 unspecified atom stereocenters. The lowest BCUT2D eigenvalue weighted by Gasteiger charge is -2.04. The van der Waals surface area contributed by atoms with Gasteiger partial charge in [0.2, 0.25) is 0 Å². The maximum absolute atomic E-state index is 6.32. The van der Waals surface area contributed by atoms with E-state index in [9.17, 15) is 0 Å². The Morgan fingerprint density at radius 2 is 2.00 bits per heavy atom. The largest absolute Gasteiger partial charge is 0.383 e. The lowest BCUT2D eigenvalue weighted by molar-refractivity contribution is 0.758. The number of nitrogens with zero attached hydrogens (tertiary/aromatic N) is 2. The zero-order valence-electron chi connectivity index (χ0n) is 11.5. The highest BCUT2D eigenvalue weighted by Crippen LogP contribution is 2.34. The molecule has 1 fully saturated rings. The summed E-state index contributed by atoms with van der Waals surface area (Å²) in [4.78, 5) is 0. The minimum absolute atomic E-state index is 0.823. The summed E-state index contributed by atoms with van der Waals surface area (Å²) in [5.74, 6) is 1.66. The molecule has 2 N–H and O–H groups in total. The third-order valence-corrected chi connectivity index (χ3v) is 3.79. The van der Waals surface area contributed by atoms with E-state index in [4.69, 9.17) is 10.8 Å². The number of rotatable bonds is 5. The smallest absolute Gasteiger partial charge is 0.130 e. The molecule has 2 aromatic rings. The Balaban J connectivity index is 2.00. The molecule has 0 spiro atoms. The summed E-state index contributed by atoms with van der Waals surface area (Å²) in [7, 11) is 0. The van der Waals surface area contributed by atoms with Crippen LogP contribution in [-0.4, -0.2) is 9.78 Å². The van der Waals surface area contributed by atoms with Gasteiger partial charge in [0.25, 0.3) is 0 Å².